The molecule has 0 radical (unpaired) electrons. The fourth-order valence-corrected chi connectivity index (χ4v) is 3.79. The van der Waals surface area contributed by atoms with Gasteiger partial charge in [0.2, 0.25) is 11.8 Å². The predicted octanol–water partition coefficient (Wildman–Crippen LogP) is 2.06. The zero-order valence-electron chi connectivity index (χ0n) is 16.0. The number of nitrogens with two attached hydrogens (primary N) is 1. The highest BCUT2D eigenvalue weighted by molar-refractivity contribution is 5.82. The number of halogens is 2. The minimum Gasteiger partial charge on any atom is -0.369 e. The zero-order valence-corrected chi connectivity index (χ0v) is 16.0. The van der Waals surface area contributed by atoms with Gasteiger partial charge < -0.3 is 10.6 Å². The number of carbonyl (C=O) groups excluding carboxylic acids is 2. The molecule has 1 aromatic heterocycles. The van der Waals surface area contributed by atoms with Crippen LogP contribution >= 0.6 is 0 Å². The molecule has 2 aromatic rings. The molecule has 6 nitrogen and oxygen atoms in total. The minimum atomic E-state index is -0.887. The molecule has 150 valence electrons. The van der Waals surface area contributed by atoms with Crippen LogP contribution in [0.2, 0.25) is 0 Å². The summed E-state index contributed by atoms with van der Waals surface area (Å²) >= 11 is 0. The van der Waals surface area contributed by atoms with E-state index in [1.807, 2.05) is 14.0 Å². The maximum absolute atomic E-state index is 13.3. The van der Waals surface area contributed by atoms with Crippen molar-refractivity contribution in [2.75, 3.05) is 13.1 Å². The third-order valence-corrected chi connectivity index (χ3v) is 5.55. The molecule has 0 aliphatic carbocycles. The van der Waals surface area contributed by atoms with E-state index in [0.717, 1.165) is 23.4 Å². The number of aryl methyl sites for hydroxylation is 2. The van der Waals surface area contributed by atoms with Gasteiger partial charge in [-0.15, -0.1) is 0 Å². The first-order valence-electron chi connectivity index (χ1n) is 9.27. The normalized spacial score (nSPS) is 19.2. The summed E-state index contributed by atoms with van der Waals surface area (Å²) in [5.41, 5.74) is 8.10. The Hall–Kier alpha value is -2.77. The topological polar surface area (TPSA) is 81.2 Å². The fourth-order valence-electron chi connectivity index (χ4n) is 3.79. The summed E-state index contributed by atoms with van der Waals surface area (Å²) in [6.45, 7) is 2.63. The maximum Gasteiger partial charge on any atom is 0.223 e. The summed E-state index contributed by atoms with van der Waals surface area (Å²) in [6.07, 6.45) is 2.98. The second-order valence-electron chi connectivity index (χ2n) is 7.33. The predicted molar refractivity (Wildman–Crippen MR) is 99.2 cm³/mol. The average Bonchev–Trinajstić information content (AvgIpc) is 3.22. The minimum absolute atomic E-state index is 0.0714. The molecule has 0 unspecified atom stereocenters. The zero-order chi connectivity index (χ0) is 20.4. The van der Waals surface area contributed by atoms with E-state index in [4.69, 9.17) is 5.73 Å². The molecular weight excluding hydrogens is 366 g/mol. The highest BCUT2D eigenvalue weighted by atomic mass is 19.2. The SMILES string of the molecule is Cc1c([C@@H]2CN(C(=O)CCCc3ccc(F)c(F)c3)C[C@H]2C(N)=O)cnn1C. The number of hydrogen-bond donors (Lipinski definition) is 1. The van der Waals surface area contributed by atoms with Gasteiger partial charge >= 0.3 is 0 Å². The first kappa shape index (κ1) is 20.0. The number of nitrogens with zero attached hydrogens (tertiary/aromatic N) is 3. The Morgan fingerprint density at radius 3 is 2.61 bits per heavy atom. The Balaban J connectivity index is 1.61. The molecule has 3 rings (SSSR count). The van der Waals surface area contributed by atoms with Crippen molar-refractivity contribution in [1.29, 1.82) is 0 Å². The van der Waals surface area contributed by atoms with Crippen LogP contribution in [0.4, 0.5) is 8.78 Å². The van der Waals surface area contributed by atoms with Crippen LogP contribution in [0.25, 0.3) is 0 Å². The van der Waals surface area contributed by atoms with Crippen molar-refractivity contribution in [3.8, 4) is 0 Å². The van der Waals surface area contributed by atoms with Crippen molar-refractivity contribution >= 4 is 11.8 Å². The number of primary amides is 1. The van der Waals surface area contributed by atoms with Crippen LogP contribution in [0, 0.1) is 24.5 Å². The molecule has 1 aromatic carbocycles. The lowest BCUT2D eigenvalue weighted by Gasteiger charge is -2.16. The van der Waals surface area contributed by atoms with Crippen LogP contribution in [-0.2, 0) is 23.1 Å². The summed E-state index contributed by atoms with van der Waals surface area (Å²) in [6, 6.07) is 3.76. The molecule has 0 spiro atoms. The molecule has 1 fully saturated rings. The quantitative estimate of drug-likeness (QED) is 0.820. The van der Waals surface area contributed by atoms with Crippen molar-refractivity contribution in [1.82, 2.24) is 14.7 Å². The Morgan fingerprint density at radius 2 is 2.00 bits per heavy atom. The number of likely N-dealkylation sites (tertiary alicyclic amines) is 1. The Kier molecular flexibility index (Phi) is 5.76. The van der Waals surface area contributed by atoms with E-state index in [-0.39, 0.29) is 18.2 Å². The van der Waals surface area contributed by atoms with Gasteiger partial charge in [-0.2, -0.15) is 5.10 Å². The summed E-state index contributed by atoms with van der Waals surface area (Å²) in [5.74, 6) is -2.88. The van der Waals surface area contributed by atoms with Gasteiger partial charge in [-0.1, -0.05) is 6.07 Å². The van der Waals surface area contributed by atoms with Crippen LogP contribution in [0.3, 0.4) is 0 Å². The van der Waals surface area contributed by atoms with Crippen LogP contribution in [0.15, 0.2) is 24.4 Å². The number of rotatable bonds is 6. The molecule has 2 heterocycles. The standard InChI is InChI=1S/C20H24F2N4O2/c1-12-14(9-24-25(12)2)15-10-26(11-16(15)20(23)28)19(27)5-3-4-13-6-7-17(21)18(22)8-13/h6-9,15-16H,3-5,10-11H2,1-2H3,(H2,23,28)/t15-,16+/m0/s1. The van der Waals surface area contributed by atoms with Crippen LogP contribution in [-0.4, -0.2) is 39.6 Å². The van der Waals surface area contributed by atoms with E-state index in [9.17, 15) is 18.4 Å². The summed E-state index contributed by atoms with van der Waals surface area (Å²) in [5, 5.41) is 4.22. The second-order valence-corrected chi connectivity index (χ2v) is 7.33. The molecule has 2 amide bonds. The third-order valence-electron chi connectivity index (χ3n) is 5.55. The number of aromatic nitrogens is 2. The van der Waals surface area contributed by atoms with Crippen LogP contribution in [0.1, 0.15) is 35.6 Å². The van der Waals surface area contributed by atoms with Gasteiger partial charge in [0, 0.05) is 38.2 Å². The van der Waals surface area contributed by atoms with Crippen molar-refractivity contribution in [3.05, 3.63) is 52.9 Å². The average molecular weight is 390 g/mol. The lowest BCUT2D eigenvalue weighted by molar-refractivity contribution is -0.130. The molecule has 1 saturated heterocycles. The summed E-state index contributed by atoms with van der Waals surface area (Å²) in [4.78, 5) is 26.2. The molecule has 2 atom stereocenters. The van der Waals surface area contributed by atoms with Crippen molar-refractivity contribution < 1.29 is 18.4 Å². The van der Waals surface area contributed by atoms with Gasteiger partial charge in [-0.3, -0.25) is 14.3 Å². The fraction of sp³-hybridized carbons (Fsp3) is 0.450. The molecule has 0 bridgehead atoms. The van der Waals surface area contributed by atoms with E-state index in [1.54, 1.807) is 15.8 Å². The van der Waals surface area contributed by atoms with Gasteiger partial charge in [0.25, 0.3) is 0 Å². The van der Waals surface area contributed by atoms with Gasteiger partial charge in [-0.25, -0.2) is 8.78 Å². The van der Waals surface area contributed by atoms with Crippen LogP contribution < -0.4 is 5.73 Å². The molecule has 28 heavy (non-hydrogen) atoms. The summed E-state index contributed by atoms with van der Waals surface area (Å²) < 4.78 is 28.0. The lowest BCUT2D eigenvalue weighted by atomic mass is 9.89. The molecule has 1 aliphatic heterocycles. The number of benzene rings is 1. The first-order valence-corrected chi connectivity index (χ1v) is 9.27. The number of hydrogen-bond acceptors (Lipinski definition) is 3. The largest absolute Gasteiger partial charge is 0.369 e. The van der Waals surface area contributed by atoms with Crippen molar-refractivity contribution in [2.45, 2.75) is 32.1 Å². The Bertz CT molecular complexity index is 896. The lowest BCUT2D eigenvalue weighted by Crippen LogP contribution is -2.31. The smallest absolute Gasteiger partial charge is 0.223 e. The Labute approximate surface area is 162 Å². The van der Waals surface area contributed by atoms with E-state index >= 15 is 0 Å². The van der Waals surface area contributed by atoms with E-state index in [2.05, 4.69) is 5.10 Å². The molecule has 1 aliphatic rings. The summed E-state index contributed by atoms with van der Waals surface area (Å²) in [7, 11) is 1.83. The first-order chi connectivity index (χ1) is 13.3. The monoisotopic (exact) mass is 390 g/mol. The van der Waals surface area contributed by atoms with Gasteiger partial charge in [0.15, 0.2) is 11.6 Å². The highest BCUT2D eigenvalue weighted by Gasteiger charge is 2.40. The van der Waals surface area contributed by atoms with E-state index in [0.29, 0.717) is 31.5 Å². The van der Waals surface area contributed by atoms with E-state index in [1.165, 1.54) is 6.07 Å². The van der Waals surface area contributed by atoms with Crippen molar-refractivity contribution in [3.63, 3.8) is 0 Å². The highest BCUT2D eigenvalue weighted by Crippen LogP contribution is 2.34. The Morgan fingerprint density at radius 1 is 1.25 bits per heavy atom. The van der Waals surface area contributed by atoms with Crippen LogP contribution in [0.5, 0.6) is 0 Å². The van der Waals surface area contributed by atoms with E-state index < -0.39 is 23.5 Å². The molecule has 0 saturated carbocycles. The van der Waals surface area contributed by atoms with Gasteiger partial charge in [0.05, 0.1) is 12.1 Å². The number of amides is 2. The second kappa shape index (κ2) is 8.08. The molecular formula is C20H24F2N4O2. The van der Waals surface area contributed by atoms with Gasteiger partial charge in [0.1, 0.15) is 0 Å². The molecule has 2 N–H and O–H groups in total. The number of carbonyl (C=O) groups is 2. The molecule has 8 heteroatoms. The third kappa shape index (κ3) is 4.05. The van der Waals surface area contributed by atoms with Gasteiger partial charge in [-0.05, 0) is 43.0 Å². The maximum atomic E-state index is 13.3. The van der Waals surface area contributed by atoms with Crippen molar-refractivity contribution in [2.24, 2.45) is 18.7 Å².